The number of methoxy groups -OCH3 is 2. The van der Waals surface area contributed by atoms with Crippen LogP contribution >= 0.6 is 0 Å². The van der Waals surface area contributed by atoms with Crippen molar-refractivity contribution in [2.45, 2.75) is 38.0 Å². The van der Waals surface area contributed by atoms with Crippen LogP contribution < -0.4 is 9.47 Å². The maximum Gasteiger partial charge on any atom is 0.255 e. The Hall–Kier alpha value is -4.08. The third-order valence-electron chi connectivity index (χ3n) is 8.06. The monoisotopic (exact) mass is 601 g/mol. The number of carbonyl (C=O) groups excluding carboxylic acids is 1. The highest BCUT2D eigenvalue weighted by atomic mass is 32.2. The molecule has 0 unspecified atom stereocenters. The minimum atomic E-state index is -3.66. The van der Waals surface area contributed by atoms with E-state index in [1.54, 1.807) is 31.3 Å². The molecule has 2 heterocycles. The molecule has 9 heteroatoms. The molecule has 1 fully saturated rings. The average Bonchev–Trinajstić information content (AvgIpc) is 3.37. The zero-order valence-electron chi connectivity index (χ0n) is 25.6. The van der Waals surface area contributed by atoms with E-state index >= 15 is 0 Å². The van der Waals surface area contributed by atoms with Gasteiger partial charge in [0.05, 0.1) is 30.4 Å². The van der Waals surface area contributed by atoms with Crippen molar-refractivity contribution in [1.29, 1.82) is 0 Å². The van der Waals surface area contributed by atoms with Gasteiger partial charge in [-0.15, -0.1) is 0 Å². The molecule has 0 atom stereocenters. The lowest BCUT2D eigenvalue weighted by Crippen LogP contribution is -2.50. The van der Waals surface area contributed by atoms with Gasteiger partial charge in [-0.3, -0.25) is 4.79 Å². The highest BCUT2D eigenvalue weighted by Gasteiger charge is 2.32. The summed E-state index contributed by atoms with van der Waals surface area (Å²) in [5.74, 6) is 1.08. The number of nitrogens with zero attached hydrogens (tertiary/aromatic N) is 3. The van der Waals surface area contributed by atoms with Gasteiger partial charge in [0.1, 0.15) is 0 Å². The molecule has 0 radical (unpaired) electrons. The van der Waals surface area contributed by atoms with Crippen LogP contribution in [0.1, 0.15) is 42.4 Å². The summed E-state index contributed by atoms with van der Waals surface area (Å²) in [6.45, 7) is 9.29. The van der Waals surface area contributed by atoms with Crippen molar-refractivity contribution in [3.8, 4) is 28.4 Å². The quantitative estimate of drug-likeness (QED) is 0.263. The van der Waals surface area contributed by atoms with Crippen LogP contribution in [0.2, 0.25) is 0 Å². The smallest absolute Gasteiger partial charge is 0.255 e. The van der Waals surface area contributed by atoms with Crippen molar-refractivity contribution < 1.29 is 22.7 Å². The number of rotatable bonds is 7. The molecule has 1 aromatic heterocycles. The van der Waals surface area contributed by atoms with Crippen LogP contribution in [0.25, 0.3) is 16.9 Å². The molecular formula is C34H39N3O5S. The maximum atomic E-state index is 13.9. The van der Waals surface area contributed by atoms with Gasteiger partial charge in [0.25, 0.3) is 5.91 Å². The van der Waals surface area contributed by atoms with Crippen LogP contribution in [0.5, 0.6) is 11.5 Å². The number of amides is 1. The molecule has 0 aliphatic carbocycles. The van der Waals surface area contributed by atoms with E-state index in [1.807, 2.05) is 78.2 Å². The van der Waals surface area contributed by atoms with Gasteiger partial charge in [-0.25, -0.2) is 8.42 Å². The molecule has 0 N–H and O–H groups in total. The number of benzene rings is 3. The summed E-state index contributed by atoms with van der Waals surface area (Å²) in [6.07, 6.45) is 0. The third-order valence-corrected chi connectivity index (χ3v) is 9.97. The largest absolute Gasteiger partial charge is 0.493 e. The number of piperazine rings is 1. The Kier molecular flexibility index (Phi) is 8.40. The number of ether oxygens (including phenoxy) is 2. The molecule has 8 nitrogen and oxygen atoms in total. The Morgan fingerprint density at radius 1 is 0.791 bits per heavy atom. The Morgan fingerprint density at radius 2 is 1.42 bits per heavy atom. The molecule has 1 aliphatic heterocycles. The molecule has 43 heavy (non-hydrogen) atoms. The first kappa shape index (κ1) is 30.4. The van der Waals surface area contributed by atoms with E-state index in [0.717, 1.165) is 28.2 Å². The van der Waals surface area contributed by atoms with Crippen LogP contribution in [0.15, 0.2) is 83.8 Å². The standard InChI is InChI=1S/C34H39N3O5S/c1-24-29(23-30(25-10-8-7-9-11-25)37(24)27-14-17-31(41-5)32(22-27)42-6)33(38)35-18-20-36(21-19-35)43(39,40)28-15-12-26(13-16-28)34(2,3)4/h7-17,22-23H,18-21H2,1-6H3. The predicted octanol–water partition coefficient (Wildman–Crippen LogP) is 5.91. The average molecular weight is 602 g/mol. The first-order valence-corrected chi connectivity index (χ1v) is 15.8. The van der Waals surface area contributed by atoms with Gasteiger partial charge in [0.15, 0.2) is 11.5 Å². The summed E-state index contributed by atoms with van der Waals surface area (Å²) in [5.41, 5.74) is 5.04. The maximum absolute atomic E-state index is 13.9. The van der Waals surface area contributed by atoms with Gasteiger partial charge in [-0.05, 0) is 53.8 Å². The normalized spacial score (nSPS) is 14.5. The van der Waals surface area contributed by atoms with Gasteiger partial charge in [0, 0.05) is 43.6 Å². The van der Waals surface area contributed by atoms with E-state index in [9.17, 15) is 13.2 Å². The molecule has 0 spiro atoms. The zero-order chi connectivity index (χ0) is 30.9. The van der Waals surface area contributed by atoms with Crippen molar-refractivity contribution >= 4 is 15.9 Å². The SMILES string of the molecule is COc1ccc(-n2c(-c3ccccc3)cc(C(=O)N3CCN(S(=O)(=O)c4ccc(C(C)(C)C)cc4)CC3)c2C)cc1OC. The lowest BCUT2D eigenvalue weighted by molar-refractivity contribution is 0.0697. The highest BCUT2D eigenvalue weighted by Crippen LogP contribution is 2.35. The van der Waals surface area contributed by atoms with Crippen LogP contribution in [-0.4, -0.2) is 68.5 Å². The number of hydrogen-bond acceptors (Lipinski definition) is 5. The van der Waals surface area contributed by atoms with E-state index in [1.165, 1.54) is 4.31 Å². The zero-order valence-corrected chi connectivity index (χ0v) is 26.4. The number of aromatic nitrogens is 1. The second-order valence-corrected chi connectivity index (χ2v) is 13.7. The van der Waals surface area contributed by atoms with Gasteiger partial charge in [0.2, 0.25) is 10.0 Å². The number of hydrogen-bond donors (Lipinski definition) is 0. The summed E-state index contributed by atoms with van der Waals surface area (Å²) in [7, 11) is -0.473. The molecule has 226 valence electrons. The summed E-state index contributed by atoms with van der Waals surface area (Å²) in [5, 5.41) is 0. The van der Waals surface area contributed by atoms with E-state index in [0.29, 0.717) is 30.2 Å². The van der Waals surface area contributed by atoms with Gasteiger partial charge >= 0.3 is 0 Å². The van der Waals surface area contributed by atoms with Crippen LogP contribution in [0.4, 0.5) is 0 Å². The van der Waals surface area contributed by atoms with E-state index in [4.69, 9.17) is 9.47 Å². The Morgan fingerprint density at radius 3 is 2.00 bits per heavy atom. The Bertz CT molecular complexity index is 1710. The first-order chi connectivity index (χ1) is 20.5. The van der Waals surface area contributed by atoms with Crippen LogP contribution in [-0.2, 0) is 15.4 Å². The fraction of sp³-hybridized carbons (Fsp3) is 0.324. The molecule has 3 aromatic carbocycles. The molecular weight excluding hydrogens is 562 g/mol. The van der Waals surface area contributed by atoms with Crippen molar-refractivity contribution in [3.05, 3.63) is 95.7 Å². The topological polar surface area (TPSA) is 81.1 Å². The third kappa shape index (κ3) is 5.92. The molecule has 0 saturated carbocycles. The molecule has 5 rings (SSSR count). The van der Waals surface area contributed by atoms with Gasteiger partial charge in [-0.1, -0.05) is 63.2 Å². The Labute approximate surface area is 254 Å². The first-order valence-electron chi connectivity index (χ1n) is 14.4. The summed E-state index contributed by atoms with van der Waals surface area (Å²) < 4.78 is 41.3. The van der Waals surface area contributed by atoms with Crippen LogP contribution in [0, 0.1) is 6.92 Å². The summed E-state index contributed by atoms with van der Waals surface area (Å²) in [6, 6.07) is 24.6. The highest BCUT2D eigenvalue weighted by molar-refractivity contribution is 7.89. The molecule has 1 amide bonds. The van der Waals surface area contributed by atoms with E-state index in [-0.39, 0.29) is 29.3 Å². The van der Waals surface area contributed by atoms with Crippen molar-refractivity contribution in [1.82, 2.24) is 13.8 Å². The van der Waals surface area contributed by atoms with Crippen molar-refractivity contribution in [3.63, 3.8) is 0 Å². The van der Waals surface area contributed by atoms with E-state index < -0.39 is 10.0 Å². The Balaban J connectivity index is 1.41. The van der Waals surface area contributed by atoms with Crippen LogP contribution in [0.3, 0.4) is 0 Å². The second kappa shape index (κ2) is 11.9. The van der Waals surface area contributed by atoms with Gasteiger partial charge < -0.3 is 18.9 Å². The fourth-order valence-electron chi connectivity index (χ4n) is 5.52. The molecule has 0 bridgehead atoms. The summed E-state index contributed by atoms with van der Waals surface area (Å²) >= 11 is 0. The molecule has 4 aromatic rings. The van der Waals surface area contributed by atoms with E-state index in [2.05, 4.69) is 20.8 Å². The number of sulfonamides is 1. The second-order valence-electron chi connectivity index (χ2n) is 11.7. The fourth-order valence-corrected chi connectivity index (χ4v) is 6.94. The lowest BCUT2D eigenvalue weighted by Gasteiger charge is -2.34. The lowest BCUT2D eigenvalue weighted by atomic mass is 9.87. The minimum Gasteiger partial charge on any atom is -0.493 e. The molecule has 1 saturated heterocycles. The minimum absolute atomic E-state index is 0.0643. The molecule has 1 aliphatic rings. The van der Waals surface area contributed by atoms with Gasteiger partial charge in [-0.2, -0.15) is 4.31 Å². The summed E-state index contributed by atoms with van der Waals surface area (Å²) in [4.78, 5) is 15.9. The predicted molar refractivity (Wildman–Crippen MR) is 169 cm³/mol. The van der Waals surface area contributed by atoms with Crippen molar-refractivity contribution in [2.75, 3.05) is 40.4 Å². The van der Waals surface area contributed by atoms with Crippen molar-refractivity contribution in [2.24, 2.45) is 0 Å². The number of carbonyl (C=O) groups is 1.